The van der Waals surface area contributed by atoms with Gasteiger partial charge >= 0.3 is 0 Å². The highest BCUT2D eigenvalue weighted by molar-refractivity contribution is 5.79. The molecule has 1 aromatic rings. The molecule has 112 valence electrons. The summed E-state index contributed by atoms with van der Waals surface area (Å²) in [6.45, 7) is 9.46. The largest absolute Gasteiger partial charge is 0.359 e. The third-order valence-electron chi connectivity index (χ3n) is 3.77. The Bertz CT molecular complexity index is 444. The number of nitrogens with zero attached hydrogens (tertiary/aromatic N) is 3. The van der Waals surface area contributed by atoms with Crippen molar-refractivity contribution >= 4 is 5.96 Å². The van der Waals surface area contributed by atoms with Crippen LogP contribution in [0.2, 0.25) is 0 Å². The van der Waals surface area contributed by atoms with Gasteiger partial charge < -0.3 is 14.7 Å². The number of nitrogens with one attached hydrogen (secondary N) is 1. The summed E-state index contributed by atoms with van der Waals surface area (Å²) in [6, 6.07) is 2.00. The maximum absolute atomic E-state index is 5.29. The summed E-state index contributed by atoms with van der Waals surface area (Å²) in [7, 11) is 1.84. The van der Waals surface area contributed by atoms with E-state index in [-0.39, 0.29) is 0 Å². The molecule has 1 fully saturated rings. The highest BCUT2D eigenvalue weighted by atomic mass is 16.5. The summed E-state index contributed by atoms with van der Waals surface area (Å²) in [5.74, 6) is 3.25. The van der Waals surface area contributed by atoms with Crippen molar-refractivity contribution in [3.8, 4) is 0 Å². The Morgan fingerprint density at radius 2 is 2.15 bits per heavy atom. The fourth-order valence-electron chi connectivity index (χ4n) is 2.94. The molecule has 0 spiro atoms. The van der Waals surface area contributed by atoms with Gasteiger partial charge in [0.2, 0.25) is 0 Å². The summed E-state index contributed by atoms with van der Waals surface area (Å²) in [5, 5.41) is 7.38. The molecular formula is C15H26N4O. The number of hydrogen-bond donors (Lipinski definition) is 1. The Morgan fingerprint density at radius 3 is 2.70 bits per heavy atom. The van der Waals surface area contributed by atoms with Crippen LogP contribution in [-0.4, -0.2) is 36.2 Å². The van der Waals surface area contributed by atoms with Crippen molar-refractivity contribution in [3.05, 3.63) is 17.5 Å². The van der Waals surface area contributed by atoms with Crippen LogP contribution in [0.5, 0.6) is 0 Å². The van der Waals surface area contributed by atoms with Crippen LogP contribution in [-0.2, 0) is 13.0 Å². The van der Waals surface area contributed by atoms with Gasteiger partial charge in [0.25, 0.3) is 0 Å². The first-order valence-electron chi connectivity index (χ1n) is 7.52. The molecule has 2 rings (SSSR count). The average molecular weight is 278 g/mol. The fourth-order valence-corrected chi connectivity index (χ4v) is 2.94. The van der Waals surface area contributed by atoms with E-state index in [1.807, 2.05) is 13.1 Å². The summed E-state index contributed by atoms with van der Waals surface area (Å²) in [6.07, 6.45) is 2.20. The first-order chi connectivity index (χ1) is 9.62. The standard InChI is InChI=1S/C15H26N4O/c1-5-13-7-14(20-18-13)8-17-15(16-4)19-9-11(2)6-12(3)10-19/h7,11-12H,5-6,8-10H2,1-4H3,(H,16,17). The highest BCUT2D eigenvalue weighted by Crippen LogP contribution is 2.20. The van der Waals surface area contributed by atoms with Gasteiger partial charge in [-0.3, -0.25) is 4.99 Å². The van der Waals surface area contributed by atoms with E-state index in [1.54, 1.807) is 0 Å². The second-order valence-electron chi connectivity index (χ2n) is 5.89. The molecule has 0 amide bonds. The van der Waals surface area contributed by atoms with Gasteiger partial charge in [0.1, 0.15) is 0 Å². The average Bonchev–Trinajstić information content (AvgIpc) is 2.86. The molecule has 2 heterocycles. The second-order valence-corrected chi connectivity index (χ2v) is 5.89. The molecule has 0 bridgehead atoms. The Balaban J connectivity index is 1.92. The molecule has 0 saturated carbocycles. The zero-order valence-electron chi connectivity index (χ0n) is 13.0. The lowest BCUT2D eigenvalue weighted by Gasteiger charge is -2.36. The normalized spacial score (nSPS) is 24.0. The Hall–Kier alpha value is -1.52. The minimum atomic E-state index is 0.638. The first kappa shape index (κ1) is 14.9. The van der Waals surface area contributed by atoms with Crippen LogP contribution >= 0.6 is 0 Å². The number of rotatable bonds is 3. The highest BCUT2D eigenvalue weighted by Gasteiger charge is 2.24. The number of piperidine rings is 1. The topological polar surface area (TPSA) is 53.7 Å². The lowest BCUT2D eigenvalue weighted by atomic mass is 9.92. The van der Waals surface area contributed by atoms with E-state index in [0.29, 0.717) is 18.4 Å². The minimum Gasteiger partial charge on any atom is -0.359 e. The van der Waals surface area contributed by atoms with Crippen molar-refractivity contribution < 1.29 is 4.52 Å². The SMILES string of the molecule is CCc1cc(CNC(=NC)N2CC(C)CC(C)C2)on1. The van der Waals surface area contributed by atoms with Gasteiger partial charge in [0.05, 0.1) is 12.2 Å². The van der Waals surface area contributed by atoms with Gasteiger partial charge in [0.15, 0.2) is 11.7 Å². The predicted molar refractivity (Wildman–Crippen MR) is 80.6 cm³/mol. The number of likely N-dealkylation sites (tertiary alicyclic amines) is 1. The summed E-state index contributed by atoms with van der Waals surface area (Å²) in [4.78, 5) is 6.74. The number of guanidine groups is 1. The molecule has 5 heteroatoms. The van der Waals surface area contributed by atoms with Crippen LogP contribution in [0.25, 0.3) is 0 Å². The van der Waals surface area contributed by atoms with Crippen molar-refractivity contribution in [1.82, 2.24) is 15.4 Å². The molecule has 1 N–H and O–H groups in total. The van der Waals surface area contributed by atoms with Crippen molar-refractivity contribution in [2.24, 2.45) is 16.8 Å². The zero-order valence-corrected chi connectivity index (χ0v) is 13.0. The zero-order chi connectivity index (χ0) is 14.5. The molecule has 0 aliphatic carbocycles. The van der Waals surface area contributed by atoms with E-state index in [4.69, 9.17) is 4.52 Å². The van der Waals surface area contributed by atoms with Crippen molar-refractivity contribution in [2.75, 3.05) is 20.1 Å². The molecule has 20 heavy (non-hydrogen) atoms. The molecule has 0 aromatic carbocycles. The summed E-state index contributed by atoms with van der Waals surface area (Å²) in [5.41, 5.74) is 0.997. The maximum atomic E-state index is 5.29. The molecule has 2 atom stereocenters. The third-order valence-corrected chi connectivity index (χ3v) is 3.77. The van der Waals surface area contributed by atoms with Gasteiger partial charge in [-0.25, -0.2) is 0 Å². The van der Waals surface area contributed by atoms with E-state index >= 15 is 0 Å². The van der Waals surface area contributed by atoms with E-state index < -0.39 is 0 Å². The van der Waals surface area contributed by atoms with Gasteiger partial charge in [-0.15, -0.1) is 0 Å². The molecule has 1 aromatic heterocycles. The van der Waals surface area contributed by atoms with E-state index in [2.05, 4.69) is 41.1 Å². The van der Waals surface area contributed by atoms with Crippen LogP contribution in [0, 0.1) is 11.8 Å². The number of hydrogen-bond acceptors (Lipinski definition) is 3. The lowest BCUT2D eigenvalue weighted by molar-refractivity contribution is 0.208. The van der Waals surface area contributed by atoms with Gasteiger partial charge in [-0.05, 0) is 24.7 Å². The number of aryl methyl sites for hydroxylation is 1. The maximum Gasteiger partial charge on any atom is 0.194 e. The Morgan fingerprint density at radius 1 is 1.45 bits per heavy atom. The Labute approximate surface area is 121 Å². The fraction of sp³-hybridized carbons (Fsp3) is 0.733. The molecule has 1 aliphatic heterocycles. The number of aromatic nitrogens is 1. The van der Waals surface area contributed by atoms with E-state index in [0.717, 1.165) is 36.9 Å². The third kappa shape index (κ3) is 3.74. The predicted octanol–water partition coefficient (Wildman–Crippen LogP) is 2.29. The van der Waals surface area contributed by atoms with E-state index in [9.17, 15) is 0 Å². The van der Waals surface area contributed by atoms with Crippen LogP contribution < -0.4 is 5.32 Å². The monoisotopic (exact) mass is 278 g/mol. The van der Waals surface area contributed by atoms with Crippen molar-refractivity contribution in [1.29, 1.82) is 0 Å². The van der Waals surface area contributed by atoms with Crippen LogP contribution in [0.1, 0.15) is 38.6 Å². The molecule has 1 aliphatic rings. The van der Waals surface area contributed by atoms with Gasteiger partial charge in [0, 0.05) is 26.2 Å². The second kappa shape index (κ2) is 6.77. The molecule has 1 saturated heterocycles. The van der Waals surface area contributed by atoms with Crippen molar-refractivity contribution in [3.63, 3.8) is 0 Å². The van der Waals surface area contributed by atoms with Gasteiger partial charge in [-0.1, -0.05) is 25.9 Å². The Kier molecular flexibility index (Phi) is 5.04. The molecule has 5 nitrogen and oxygen atoms in total. The minimum absolute atomic E-state index is 0.638. The van der Waals surface area contributed by atoms with E-state index in [1.165, 1.54) is 6.42 Å². The molecule has 2 unspecified atom stereocenters. The van der Waals surface area contributed by atoms with Crippen LogP contribution in [0.4, 0.5) is 0 Å². The van der Waals surface area contributed by atoms with Crippen LogP contribution in [0.3, 0.4) is 0 Å². The lowest BCUT2D eigenvalue weighted by Crippen LogP contribution is -2.48. The van der Waals surface area contributed by atoms with Gasteiger partial charge in [-0.2, -0.15) is 0 Å². The molecular weight excluding hydrogens is 252 g/mol. The summed E-state index contributed by atoms with van der Waals surface area (Å²) >= 11 is 0. The first-order valence-corrected chi connectivity index (χ1v) is 7.52. The smallest absolute Gasteiger partial charge is 0.194 e. The number of aliphatic imine (C=N–C) groups is 1. The quantitative estimate of drug-likeness (QED) is 0.681. The van der Waals surface area contributed by atoms with Crippen molar-refractivity contribution in [2.45, 2.75) is 40.2 Å². The molecule has 0 radical (unpaired) electrons. The van der Waals surface area contributed by atoms with Crippen LogP contribution in [0.15, 0.2) is 15.6 Å². The summed E-state index contributed by atoms with van der Waals surface area (Å²) < 4.78 is 5.29.